The standard InChI is InChI=1S/C10H8BrN3O2/c11-8-4-3-7(16-8)10(15)14-9-6(12)2-1-5-13-9/h1-5H,12H2,(H,13,14,15). The molecule has 0 spiro atoms. The van der Waals surface area contributed by atoms with Gasteiger partial charge >= 0.3 is 0 Å². The Kier molecular flexibility index (Phi) is 2.91. The molecule has 0 unspecified atom stereocenters. The Morgan fingerprint density at radius 3 is 2.88 bits per heavy atom. The van der Waals surface area contributed by atoms with Gasteiger partial charge in [0.2, 0.25) is 0 Å². The second-order valence-corrected chi connectivity index (χ2v) is 3.78. The van der Waals surface area contributed by atoms with Crippen molar-refractivity contribution in [3.63, 3.8) is 0 Å². The fourth-order valence-corrected chi connectivity index (χ4v) is 1.43. The van der Waals surface area contributed by atoms with Crippen molar-refractivity contribution >= 4 is 33.3 Å². The van der Waals surface area contributed by atoms with Gasteiger partial charge in [0.1, 0.15) is 0 Å². The lowest BCUT2D eigenvalue weighted by molar-refractivity contribution is 0.0995. The van der Waals surface area contributed by atoms with Gasteiger partial charge in [-0.3, -0.25) is 4.79 Å². The highest BCUT2D eigenvalue weighted by atomic mass is 79.9. The van der Waals surface area contributed by atoms with Gasteiger partial charge < -0.3 is 15.5 Å². The molecule has 0 fully saturated rings. The number of hydrogen-bond acceptors (Lipinski definition) is 4. The SMILES string of the molecule is Nc1cccnc1NC(=O)c1ccc(Br)o1. The summed E-state index contributed by atoms with van der Waals surface area (Å²) in [5, 5.41) is 2.55. The number of carbonyl (C=O) groups excluding carboxylic acids is 1. The number of anilines is 2. The molecular weight excluding hydrogens is 274 g/mol. The molecule has 82 valence electrons. The van der Waals surface area contributed by atoms with E-state index in [4.69, 9.17) is 10.2 Å². The molecule has 0 saturated carbocycles. The molecular formula is C10H8BrN3O2. The zero-order chi connectivity index (χ0) is 11.5. The number of rotatable bonds is 2. The minimum absolute atomic E-state index is 0.192. The van der Waals surface area contributed by atoms with Crippen LogP contribution in [0, 0.1) is 0 Å². The molecule has 16 heavy (non-hydrogen) atoms. The number of nitrogens with two attached hydrogens (primary N) is 1. The van der Waals surface area contributed by atoms with Crippen LogP contribution in [0.2, 0.25) is 0 Å². The number of nitrogens with one attached hydrogen (secondary N) is 1. The van der Waals surface area contributed by atoms with E-state index in [-0.39, 0.29) is 5.76 Å². The lowest BCUT2D eigenvalue weighted by Crippen LogP contribution is -2.13. The van der Waals surface area contributed by atoms with Crippen LogP contribution in [-0.4, -0.2) is 10.9 Å². The van der Waals surface area contributed by atoms with E-state index in [0.717, 1.165) is 0 Å². The van der Waals surface area contributed by atoms with Gasteiger partial charge in [-0.25, -0.2) is 4.98 Å². The molecule has 0 aliphatic carbocycles. The smallest absolute Gasteiger partial charge is 0.292 e. The second-order valence-electron chi connectivity index (χ2n) is 3.00. The molecule has 2 rings (SSSR count). The monoisotopic (exact) mass is 281 g/mol. The van der Waals surface area contributed by atoms with Crippen molar-refractivity contribution in [2.24, 2.45) is 0 Å². The van der Waals surface area contributed by atoms with Gasteiger partial charge in [-0.1, -0.05) is 0 Å². The third-order valence-electron chi connectivity index (χ3n) is 1.87. The normalized spacial score (nSPS) is 10.1. The van der Waals surface area contributed by atoms with E-state index in [2.05, 4.69) is 26.2 Å². The van der Waals surface area contributed by atoms with Crippen LogP contribution in [-0.2, 0) is 0 Å². The van der Waals surface area contributed by atoms with Gasteiger partial charge in [-0.05, 0) is 40.2 Å². The Balaban J connectivity index is 2.17. The van der Waals surface area contributed by atoms with Crippen LogP contribution in [0.1, 0.15) is 10.6 Å². The summed E-state index contributed by atoms with van der Waals surface area (Å²) in [6, 6.07) is 6.53. The van der Waals surface area contributed by atoms with Gasteiger partial charge in [-0.15, -0.1) is 0 Å². The Labute approximate surface area is 99.8 Å². The first-order chi connectivity index (χ1) is 7.66. The summed E-state index contributed by atoms with van der Waals surface area (Å²) in [6.45, 7) is 0. The van der Waals surface area contributed by atoms with E-state index in [9.17, 15) is 4.79 Å². The van der Waals surface area contributed by atoms with Crippen LogP contribution in [0.4, 0.5) is 11.5 Å². The van der Waals surface area contributed by atoms with Crippen LogP contribution < -0.4 is 11.1 Å². The number of nitrogens with zero attached hydrogens (tertiary/aromatic N) is 1. The Morgan fingerprint density at radius 2 is 2.25 bits per heavy atom. The number of pyridine rings is 1. The van der Waals surface area contributed by atoms with Crippen molar-refractivity contribution < 1.29 is 9.21 Å². The zero-order valence-electron chi connectivity index (χ0n) is 8.11. The van der Waals surface area contributed by atoms with Gasteiger partial charge in [0.05, 0.1) is 5.69 Å². The molecule has 2 aromatic heterocycles. The molecule has 0 atom stereocenters. The third kappa shape index (κ3) is 2.22. The van der Waals surface area contributed by atoms with Crippen molar-refractivity contribution in [1.29, 1.82) is 0 Å². The first-order valence-electron chi connectivity index (χ1n) is 4.44. The largest absolute Gasteiger partial charge is 0.444 e. The highest BCUT2D eigenvalue weighted by Crippen LogP contribution is 2.17. The molecule has 1 amide bonds. The summed E-state index contributed by atoms with van der Waals surface area (Å²) >= 11 is 3.11. The quantitative estimate of drug-likeness (QED) is 0.885. The van der Waals surface area contributed by atoms with Crippen molar-refractivity contribution in [1.82, 2.24) is 4.98 Å². The fraction of sp³-hybridized carbons (Fsp3) is 0. The molecule has 0 radical (unpaired) electrons. The van der Waals surface area contributed by atoms with Crippen LogP contribution in [0.3, 0.4) is 0 Å². The number of carbonyl (C=O) groups is 1. The predicted octanol–water partition coefficient (Wildman–Crippen LogP) is 2.27. The molecule has 6 heteroatoms. The summed E-state index contributed by atoms with van der Waals surface area (Å²) in [5.74, 6) is 0.119. The Hall–Kier alpha value is -1.82. The minimum atomic E-state index is -0.392. The van der Waals surface area contributed by atoms with Crippen LogP contribution in [0.25, 0.3) is 0 Å². The first kappa shape index (κ1) is 10.7. The van der Waals surface area contributed by atoms with Gasteiger partial charge in [0.25, 0.3) is 5.91 Å². The van der Waals surface area contributed by atoms with Gasteiger partial charge in [-0.2, -0.15) is 0 Å². The van der Waals surface area contributed by atoms with Gasteiger partial charge in [0.15, 0.2) is 16.2 Å². The number of furan rings is 1. The van der Waals surface area contributed by atoms with E-state index >= 15 is 0 Å². The lowest BCUT2D eigenvalue weighted by atomic mass is 10.3. The summed E-state index contributed by atoms with van der Waals surface area (Å²) in [5.41, 5.74) is 6.04. The summed E-state index contributed by atoms with van der Waals surface area (Å²) in [7, 11) is 0. The van der Waals surface area contributed by atoms with Gasteiger partial charge in [0, 0.05) is 6.20 Å². The number of aromatic nitrogens is 1. The molecule has 0 saturated heterocycles. The molecule has 3 N–H and O–H groups in total. The maximum absolute atomic E-state index is 11.7. The predicted molar refractivity (Wildman–Crippen MR) is 63.0 cm³/mol. The van der Waals surface area contributed by atoms with E-state index < -0.39 is 5.91 Å². The zero-order valence-corrected chi connectivity index (χ0v) is 9.69. The average Bonchev–Trinajstić information content (AvgIpc) is 2.68. The van der Waals surface area contributed by atoms with Crippen LogP contribution >= 0.6 is 15.9 Å². The molecule has 0 bridgehead atoms. The number of nitrogen functional groups attached to an aromatic ring is 1. The highest BCUT2D eigenvalue weighted by Gasteiger charge is 2.12. The summed E-state index contributed by atoms with van der Waals surface area (Å²) in [6.07, 6.45) is 1.55. The molecule has 2 aromatic rings. The Morgan fingerprint density at radius 1 is 1.44 bits per heavy atom. The number of halogens is 1. The van der Waals surface area contributed by atoms with Crippen LogP contribution in [0.15, 0.2) is 39.5 Å². The van der Waals surface area contributed by atoms with Crippen molar-refractivity contribution in [3.05, 3.63) is 40.9 Å². The molecule has 5 nitrogen and oxygen atoms in total. The van der Waals surface area contributed by atoms with E-state index in [1.54, 1.807) is 30.5 Å². The van der Waals surface area contributed by atoms with Crippen LogP contribution in [0.5, 0.6) is 0 Å². The van der Waals surface area contributed by atoms with E-state index in [1.165, 1.54) is 0 Å². The molecule has 0 aliphatic rings. The Bertz CT molecular complexity index is 524. The number of hydrogen-bond donors (Lipinski definition) is 2. The van der Waals surface area contributed by atoms with E-state index in [1.807, 2.05) is 0 Å². The maximum Gasteiger partial charge on any atom is 0.292 e. The maximum atomic E-state index is 11.7. The van der Waals surface area contributed by atoms with E-state index in [0.29, 0.717) is 16.2 Å². The lowest BCUT2D eigenvalue weighted by Gasteiger charge is -2.04. The third-order valence-corrected chi connectivity index (χ3v) is 2.29. The molecule has 2 heterocycles. The highest BCUT2D eigenvalue weighted by molar-refractivity contribution is 9.10. The van der Waals surface area contributed by atoms with Crippen molar-refractivity contribution in [3.8, 4) is 0 Å². The topological polar surface area (TPSA) is 81.1 Å². The second kappa shape index (κ2) is 4.36. The average molecular weight is 282 g/mol. The first-order valence-corrected chi connectivity index (χ1v) is 5.23. The number of amides is 1. The summed E-state index contributed by atoms with van der Waals surface area (Å²) in [4.78, 5) is 15.6. The van der Waals surface area contributed by atoms with Crippen molar-refractivity contribution in [2.45, 2.75) is 0 Å². The fourth-order valence-electron chi connectivity index (χ4n) is 1.13. The molecule has 0 aliphatic heterocycles. The van der Waals surface area contributed by atoms with Crippen molar-refractivity contribution in [2.75, 3.05) is 11.1 Å². The minimum Gasteiger partial charge on any atom is -0.444 e. The molecule has 0 aromatic carbocycles. The summed E-state index contributed by atoms with van der Waals surface area (Å²) < 4.78 is 5.59.